The summed E-state index contributed by atoms with van der Waals surface area (Å²) in [6, 6.07) is 16.7. The Hall–Kier alpha value is -2.17. The molecule has 0 saturated carbocycles. The number of carbonyl (C=O) groups excluding carboxylic acids is 1. The topological polar surface area (TPSA) is 32.8 Å². The molecule has 2 aliphatic heterocycles. The van der Waals surface area contributed by atoms with Crippen LogP contribution in [0.5, 0.6) is 0 Å². The highest BCUT2D eigenvalue weighted by Gasteiger charge is 2.25. The number of fused-ring (bicyclic) bond motifs is 2. The first kappa shape index (κ1) is 15.4. The SMILES string of the molecule is O=C(CN1CCOCC1)N1Cc2ccccc2Cc2ccccc21. The Bertz CT molecular complexity index is 738. The standard InChI is InChI=1S/C20H22N2O2/c23-20(15-21-9-11-24-12-10-21)22-14-18-7-2-1-5-16(18)13-17-6-3-4-8-19(17)22/h1-8H,9-15H2. The number of nitrogens with zero attached hydrogens (tertiary/aromatic N) is 2. The summed E-state index contributed by atoms with van der Waals surface area (Å²) in [7, 11) is 0. The predicted molar refractivity (Wildman–Crippen MR) is 94.1 cm³/mol. The highest BCUT2D eigenvalue weighted by Crippen LogP contribution is 2.30. The van der Waals surface area contributed by atoms with Crippen molar-refractivity contribution in [3.05, 3.63) is 65.2 Å². The van der Waals surface area contributed by atoms with Crippen LogP contribution in [-0.4, -0.2) is 43.7 Å². The monoisotopic (exact) mass is 322 g/mol. The molecule has 124 valence electrons. The van der Waals surface area contributed by atoms with E-state index in [2.05, 4.69) is 47.4 Å². The molecule has 0 radical (unpaired) electrons. The first-order chi connectivity index (χ1) is 11.8. The lowest BCUT2D eigenvalue weighted by Gasteiger charge is -2.30. The second-order valence-electron chi connectivity index (χ2n) is 6.44. The van der Waals surface area contributed by atoms with Crippen LogP contribution in [0.4, 0.5) is 5.69 Å². The van der Waals surface area contributed by atoms with Crippen LogP contribution in [0.25, 0.3) is 0 Å². The summed E-state index contributed by atoms with van der Waals surface area (Å²) in [5, 5.41) is 0. The lowest BCUT2D eigenvalue weighted by Crippen LogP contribution is -2.44. The van der Waals surface area contributed by atoms with Crippen LogP contribution in [0.15, 0.2) is 48.5 Å². The van der Waals surface area contributed by atoms with Crippen LogP contribution in [0.1, 0.15) is 16.7 Å². The molecule has 1 fully saturated rings. The summed E-state index contributed by atoms with van der Waals surface area (Å²) in [6.07, 6.45) is 0.883. The van der Waals surface area contributed by atoms with Crippen molar-refractivity contribution < 1.29 is 9.53 Å². The van der Waals surface area contributed by atoms with Crippen LogP contribution >= 0.6 is 0 Å². The third-order valence-corrected chi connectivity index (χ3v) is 4.87. The lowest BCUT2D eigenvalue weighted by molar-refractivity contribution is -0.120. The molecule has 0 spiro atoms. The molecular weight excluding hydrogens is 300 g/mol. The fraction of sp³-hybridized carbons (Fsp3) is 0.350. The number of benzene rings is 2. The summed E-state index contributed by atoms with van der Waals surface area (Å²) in [5.74, 6) is 0.168. The Balaban J connectivity index is 1.64. The molecule has 2 aromatic rings. The second-order valence-corrected chi connectivity index (χ2v) is 6.44. The third-order valence-electron chi connectivity index (χ3n) is 4.87. The molecule has 2 aliphatic rings. The summed E-state index contributed by atoms with van der Waals surface area (Å²) >= 11 is 0. The molecule has 24 heavy (non-hydrogen) atoms. The van der Waals surface area contributed by atoms with Gasteiger partial charge in [-0.3, -0.25) is 9.69 Å². The van der Waals surface area contributed by atoms with Crippen LogP contribution in [0.2, 0.25) is 0 Å². The van der Waals surface area contributed by atoms with Gasteiger partial charge in [-0.25, -0.2) is 0 Å². The molecule has 0 aliphatic carbocycles. The normalized spacial score (nSPS) is 17.8. The van der Waals surface area contributed by atoms with E-state index in [1.165, 1.54) is 16.7 Å². The van der Waals surface area contributed by atoms with Gasteiger partial charge in [0, 0.05) is 18.8 Å². The second kappa shape index (κ2) is 6.75. The maximum absolute atomic E-state index is 13.0. The van der Waals surface area contributed by atoms with Gasteiger partial charge in [0.1, 0.15) is 0 Å². The van der Waals surface area contributed by atoms with Gasteiger partial charge < -0.3 is 9.64 Å². The van der Waals surface area contributed by atoms with Gasteiger partial charge in [0.15, 0.2) is 0 Å². The lowest BCUT2D eigenvalue weighted by atomic mass is 10.0. The van der Waals surface area contributed by atoms with E-state index < -0.39 is 0 Å². The van der Waals surface area contributed by atoms with Crippen LogP contribution in [0, 0.1) is 0 Å². The molecule has 4 rings (SSSR count). The minimum absolute atomic E-state index is 0.168. The molecule has 1 saturated heterocycles. The highest BCUT2D eigenvalue weighted by molar-refractivity contribution is 5.96. The van der Waals surface area contributed by atoms with Crippen molar-refractivity contribution in [2.45, 2.75) is 13.0 Å². The van der Waals surface area contributed by atoms with Gasteiger partial charge in [-0.1, -0.05) is 42.5 Å². The van der Waals surface area contributed by atoms with Gasteiger partial charge in [-0.15, -0.1) is 0 Å². The number of para-hydroxylation sites is 1. The van der Waals surface area contributed by atoms with E-state index in [-0.39, 0.29) is 5.91 Å². The van der Waals surface area contributed by atoms with Crippen molar-refractivity contribution in [1.82, 2.24) is 4.90 Å². The van der Waals surface area contributed by atoms with Crippen LogP contribution in [-0.2, 0) is 22.5 Å². The third kappa shape index (κ3) is 3.07. The molecule has 0 N–H and O–H groups in total. The van der Waals surface area contributed by atoms with E-state index in [0.717, 1.165) is 25.2 Å². The van der Waals surface area contributed by atoms with Gasteiger partial charge in [-0.05, 0) is 29.2 Å². The number of amides is 1. The van der Waals surface area contributed by atoms with Gasteiger partial charge in [-0.2, -0.15) is 0 Å². The van der Waals surface area contributed by atoms with Gasteiger partial charge in [0.05, 0.1) is 26.3 Å². The first-order valence-corrected chi connectivity index (χ1v) is 8.56. The maximum Gasteiger partial charge on any atom is 0.241 e. The smallest absolute Gasteiger partial charge is 0.241 e. The fourth-order valence-corrected chi connectivity index (χ4v) is 3.53. The fourth-order valence-electron chi connectivity index (χ4n) is 3.53. The Morgan fingerprint density at radius 3 is 2.38 bits per heavy atom. The zero-order valence-corrected chi connectivity index (χ0v) is 13.8. The molecule has 0 unspecified atom stereocenters. The highest BCUT2D eigenvalue weighted by atomic mass is 16.5. The Kier molecular flexibility index (Phi) is 4.32. The Morgan fingerprint density at radius 1 is 0.917 bits per heavy atom. The number of morpholine rings is 1. The number of hydrogen-bond donors (Lipinski definition) is 0. The summed E-state index contributed by atoms with van der Waals surface area (Å²) < 4.78 is 5.38. The predicted octanol–water partition coefficient (Wildman–Crippen LogP) is 2.46. The number of hydrogen-bond acceptors (Lipinski definition) is 3. The molecule has 0 atom stereocenters. The average molecular weight is 322 g/mol. The minimum Gasteiger partial charge on any atom is -0.379 e. The minimum atomic E-state index is 0.168. The van der Waals surface area contributed by atoms with Crippen LogP contribution in [0.3, 0.4) is 0 Å². The number of rotatable bonds is 2. The van der Waals surface area contributed by atoms with E-state index in [1.807, 2.05) is 11.0 Å². The van der Waals surface area contributed by atoms with Gasteiger partial charge in [0.25, 0.3) is 0 Å². The van der Waals surface area contributed by atoms with E-state index in [0.29, 0.717) is 26.3 Å². The van der Waals surface area contributed by atoms with Crippen molar-refractivity contribution in [1.29, 1.82) is 0 Å². The number of carbonyl (C=O) groups is 1. The van der Waals surface area contributed by atoms with Crippen molar-refractivity contribution in [3.8, 4) is 0 Å². The molecule has 1 amide bonds. The number of anilines is 1. The molecule has 4 heteroatoms. The first-order valence-electron chi connectivity index (χ1n) is 8.56. The number of ether oxygens (including phenoxy) is 1. The molecule has 2 aromatic carbocycles. The zero-order valence-electron chi connectivity index (χ0n) is 13.8. The summed E-state index contributed by atoms with van der Waals surface area (Å²) in [4.78, 5) is 17.2. The molecule has 2 heterocycles. The average Bonchev–Trinajstić information content (AvgIpc) is 2.79. The van der Waals surface area contributed by atoms with Crippen molar-refractivity contribution in [2.24, 2.45) is 0 Å². The quantitative estimate of drug-likeness (QED) is 0.851. The summed E-state index contributed by atoms with van der Waals surface area (Å²) in [5.41, 5.74) is 4.82. The van der Waals surface area contributed by atoms with Crippen LogP contribution < -0.4 is 4.90 Å². The zero-order chi connectivity index (χ0) is 16.4. The molecule has 0 aromatic heterocycles. The van der Waals surface area contributed by atoms with Gasteiger partial charge >= 0.3 is 0 Å². The van der Waals surface area contributed by atoms with Crippen molar-refractivity contribution in [2.75, 3.05) is 37.7 Å². The van der Waals surface area contributed by atoms with Gasteiger partial charge in [0.2, 0.25) is 5.91 Å². The molecule has 4 nitrogen and oxygen atoms in total. The van der Waals surface area contributed by atoms with E-state index in [4.69, 9.17) is 4.74 Å². The Labute approximate surface area is 142 Å². The Morgan fingerprint density at radius 2 is 1.58 bits per heavy atom. The van der Waals surface area contributed by atoms with E-state index in [1.54, 1.807) is 0 Å². The molecular formula is C20H22N2O2. The maximum atomic E-state index is 13.0. The van der Waals surface area contributed by atoms with Crippen molar-refractivity contribution >= 4 is 11.6 Å². The summed E-state index contributed by atoms with van der Waals surface area (Å²) in [6.45, 7) is 4.20. The molecule has 0 bridgehead atoms. The van der Waals surface area contributed by atoms with E-state index in [9.17, 15) is 4.79 Å². The van der Waals surface area contributed by atoms with E-state index >= 15 is 0 Å². The van der Waals surface area contributed by atoms with Crippen molar-refractivity contribution in [3.63, 3.8) is 0 Å². The largest absolute Gasteiger partial charge is 0.379 e.